The van der Waals surface area contributed by atoms with Gasteiger partial charge in [0.05, 0.1) is 0 Å². The molecule has 98 valence electrons. The molecule has 1 aromatic rings. The van der Waals surface area contributed by atoms with Crippen LogP contribution in [0.25, 0.3) is 0 Å². The summed E-state index contributed by atoms with van der Waals surface area (Å²) in [6.45, 7) is 12.8. The van der Waals surface area contributed by atoms with Gasteiger partial charge in [-0.25, -0.2) is 0 Å². The molecule has 0 unspecified atom stereocenters. The van der Waals surface area contributed by atoms with E-state index in [2.05, 4.69) is 43.6 Å². The zero-order valence-corrected chi connectivity index (χ0v) is 13.6. The highest BCUT2D eigenvalue weighted by atomic mass is 79.9. The summed E-state index contributed by atoms with van der Waals surface area (Å²) < 4.78 is 1.07. The molecule has 0 N–H and O–H groups in total. The van der Waals surface area contributed by atoms with Crippen LogP contribution in [0.4, 0.5) is 0 Å². The smallest absolute Gasteiger partial charge is 0.167 e. The number of carbonyl (C=O) groups is 1. The Morgan fingerprint density at radius 1 is 1.06 bits per heavy atom. The SMILES string of the molecule is Cc1cc(C(=O)C2C(C)(C)C2(C)C)c(C)cc1Br. The highest BCUT2D eigenvalue weighted by molar-refractivity contribution is 9.10. The van der Waals surface area contributed by atoms with Gasteiger partial charge < -0.3 is 0 Å². The number of benzene rings is 1. The van der Waals surface area contributed by atoms with Crippen LogP contribution in [0, 0.1) is 30.6 Å². The first-order chi connectivity index (χ1) is 8.10. The van der Waals surface area contributed by atoms with Crippen LogP contribution in [0.5, 0.6) is 0 Å². The molecule has 2 rings (SSSR count). The van der Waals surface area contributed by atoms with Crippen molar-refractivity contribution in [3.8, 4) is 0 Å². The summed E-state index contributed by atoms with van der Waals surface area (Å²) in [6.07, 6.45) is 0. The fourth-order valence-corrected chi connectivity index (χ4v) is 3.51. The summed E-state index contributed by atoms with van der Waals surface area (Å²) in [4.78, 5) is 12.7. The van der Waals surface area contributed by atoms with Crippen molar-refractivity contribution < 1.29 is 4.79 Å². The fourth-order valence-electron chi connectivity index (χ4n) is 3.05. The molecule has 0 amide bonds. The van der Waals surface area contributed by atoms with Crippen molar-refractivity contribution in [1.82, 2.24) is 0 Å². The van der Waals surface area contributed by atoms with Crippen molar-refractivity contribution in [2.75, 3.05) is 0 Å². The van der Waals surface area contributed by atoms with Crippen molar-refractivity contribution in [2.24, 2.45) is 16.7 Å². The third-order valence-electron chi connectivity index (χ3n) is 5.05. The number of Topliss-reactive ketones (excluding diaryl/α,β-unsaturated/α-hetero) is 1. The summed E-state index contributed by atoms with van der Waals surface area (Å²) in [5.41, 5.74) is 3.30. The van der Waals surface area contributed by atoms with Crippen LogP contribution in [-0.4, -0.2) is 5.78 Å². The largest absolute Gasteiger partial charge is 0.294 e. The Morgan fingerprint density at radius 3 is 2.00 bits per heavy atom. The zero-order chi connectivity index (χ0) is 13.9. The van der Waals surface area contributed by atoms with Gasteiger partial charge in [-0.2, -0.15) is 0 Å². The minimum absolute atomic E-state index is 0.109. The van der Waals surface area contributed by atoms with Gasteiger partial charge in [0.25, 0.3) is 0 Å². The molecule has 0 saturated heterocycles. The number of carbonyl (C=O) groups excluding carboxylic acids is 1. The molecule has 0 aromatic heterocycles. The first-order valence-corrected chi connectivity index (χ1v) is 7.21. The third-order valence-corrected chi connectivity index (χ3v) is 5.91. The second-order valence-corrected chi connectivity index (χ2v) is 7.51. The number of halogens is 1. The lowest BCUT2D eigenvalue weighted by molar-refractivity contribution is 0.0944. The van der Waals surface area contributed by atoms with Gasteiger partial charge >= 0.3 is 0 Å². The molecule has 0 aliphatic heterocycles. The van der Waals surface area contributed by atoms with Gasteiger partial charge in [0.15, 0.2) is 5.78 Å². The molecule has 0 radical (unpaired) electrons. The van der Waals surface area contributed by atoms with E-state index in [1.165, 1.54) is 0 Å². The number of rotatable bonds is 2. The van der Waals surface area contributed by atoms with Crippen LogP contribution < -0.4 is 0 Å². The van der Waals surface area contributed by atoms with Gasteiger partial charge in [0.2, 0.25) is 0 Å². The van der Waals surface area contributed by atoms with Gasteiger partial charge in [-0.3, -0.25) is 4.79 Å². The van der Waals surface area contributed by atoms with E-state index in [0.29, 0.717) is 5.78 Å². The molecule has 0 heterocycles. The van der Waals surface area contributed by atoms with Crippen LogP contribution in [0.3, 0.4) is 0 Å². The summed E-state index contributed by atoms with van der Waals surface area (Å²) in [5.74, 6) is 0.447. The summed E-state index contributed by atoms with van der Waals surface area (Å²) in [6, 6.07) is 4.07. The quantitative estimate of drug-likeness (QED) is 0.708. The van der Waals surface area contributed by atoms with E-state index in [-0.39, 0.29) is 16.7 Å². The van der Waals surface area contributed by atoms with Gasteiger partial charge in [0.1, 0.15) is 0 Å². The lowest BCUT2D eigenvalue weighted by Gasteiger charge is -2.09. The Hall–Kier alpha value is -0.630. The number of aryl methyl sites for hydroxylation is 2. The van der Waals surface area contributed by atoms with Crippen molar-refractivity contribution in [3.63, 3.8) is 0 Å². The van der Waals surface area contributed by atoms with Crippen LogP contribution >= 0.6 is 15.9 Å². The molecule has 0 spiro atoms. The molecule has 1 saturated carbocycles. The molecular formula is C16H21BrO. The van der Waals surface area contributed by atoms with Crippen LogP contribution in [0.2, 0.25) is 0 Å². The molecule has 0 bridgehead atoms. The van der Waals surface area contributed by atoms with E-state index in [4.69, 9.17) is 0 Å². The van der Waals surface area contributed by atoms with Gasteiger partial charge in [0, 0.05) is 16.0 Å². The molecule has 1 nitrogen and oxygen atoms in total. The normalized spacial score (nSPS) is 20.8. The standard InChI is InChI=1S/C16H21BrO/c1-9-8-12(17)10(2)7-11(9)13(18)14-15(3,4)16(14,5)6/h7-8,14H,1-6H3. The molecule has 1 aliphatic rings. The van der Waals surface area contributed by atoms with E-state index in [9.17, 15) is 4.79 Å². The minimum atomic E-state index is 0.109. The van der Waals surface area contributed by atoms with E-state index >= 15 is 0 Å². The minimum Gasteiger partial charge on any atom is -0.294 e. The monoisotopic (exact) mass is 308 g/mol. The maximum Gasteiger partial charge on any atom is 0.167 e. The summed E-state index contributed by atoms with van der Waals surface area (Å²) in [7, 11) is 0. The molecule has 1 aromatic carbocycles. The second-order valence-electron chi connectivity index (χ2n) is 6.66. The van der Waals surface area contributed by atoms with E-state index in [1.807, 2.05) is 26.0 Å². The van der Waals surface area contributed by atoms with Crippen LogP contribution in [0.15, 0.2) is 16.6 Å². The van der Waals surface area contributed by atoms with Gasteiger partial charge in [-0.15, -0.1) is 0 Å². The molecular weight excluding hydrogens is 288 g/mol. The van der Waals surface area contributed by atoms with Gasteiger partial charge in [-0.05, 0) is 47.9 Å². The fraction of sp³-hybridized carbons (Fsp3) is 0.562. The zero-order valence-electron chi connectivity index (χ0n) is 12.0. The molecule has 0 atom stereocenters. The molecule has 18 heavy (non-hydrogen) atoms. The Balaban J connectivity index is 2.41. The van der Waals surface area contributed by atoms with Gasteiger partial charge in [-0.1, -0.05) is 43.6 Å². The maximum absolute atomic E-state index is 12.7. The second kappa shape index (κ2) is 3.93. The predicted octanol–water partition coefficient (Wildman–Crippen LogP) is 4.93. The Labute approximate surface area is 118 Å². The highest BCUT2D eigenvalue weighted by Crippen LogP contribution is 2.69. The number of ketones is 1. The number of hydrogen-bond donors (Lipinski definition) is 0. The topological polar surface area (TPSA) is 17.1 Å². The highest BCUT2D eigenvalue weighted by Gasteiger charge is 2.67. The lowest BCUT2D eigenvalue weighted by atomic mass is 9.96. The maximum atomic E-state index is 12.7. The Morgan fingerprint density at radius 2 is 1.56 bits per heavy atom. The van der Waals surface area contributed by atoms with Crippen molar-refractivity contribution in [1.29, 1.82) is 0 Å². The third kappa shape index (κ3) is 1.77. The van der Waals surface area contributed by atoms with E-state index in [0.717, 1.165) is 21.2 Å². The predicted molar refractivity (Wildman–Crippen MR) is 79.0 cm³/mol. The first-order valence-electron chi connectivity index (χ1n) is 6.41. The average Bonchev–Trinajstić information content (AvgIpc) is 2.62. The first kappa shape index (κ1) is 13.8. The number of hydrogen-bond acceptors (Lipinski definition) is 1. The lowest BCUT2D eigenvalue weighted by Crippen LogP contribution is -2.09. The van der Waals surface area contributed by atoms with Crippen molar-refractivity contribution in [3.05, 3.63) is 33.3 Å². The average molecular weight is 309 g/mol. The molecule has 2 heteroatoms. The van der Waals surface area contributed by atoms with Crippen molar-refractivity contribution in [2.45, 2.75) is 41.5 Å². The molecule has 1 fully saturated rings. The van der Waals surface area contributed by atoms with Crippen LogP contribution in [-0.2, 0) is 0 Å². The van der Waals surface area contributed by atoms with E-state index < -0.39 is 0 Å². The Bertz CT molecular complexity index is 512. The van der Waals surface area contributed by atoms with E-state index in [1.54, 1.807) is 0 Å². The summed E-state index contributed by atoms with van der Waals surface area (Å²) in [5, 5.41) is 0. The van der Waals surface area contributed by atoms with Crippen molar-refractivity contribution >= 4 is 21.7 Å². The summed E-state index contributed by atoms with van der Waals surface area (Å²) >= 11 is 3.52. The van der Waals surface area contributed by atoms with Crippen LogP contribution in [0.1, 0.15) is 49.2 Å². The Kier molecular flexibility index (Phi) is 3.01. The molecule has 1 aliphatic carbocycles.